The van der Waals surface area contributed by atoms with E-state index in [1.807, 2.05) is 36.4 Å². The molecule has 1 aromatic heterocycles. The second kappa shape index (κ2) is 13.0. The average molecular weight is 759 g/mol. The minimum Gasteiger partial charge on any atom is -0.309 e. The fourth-order valence-electron chi connectivity index (χ4n) is 10.6. The first-order valence-electron chi connectivity index (χ1n) is 22.5. The third kappa shape index (κ3) is 4.64. The molecule has 272 valence electrons. The predicted octanol–water partition coefficient (Wildman–Crippen LogP) is 10.8. The minimum absolute atomic E-state index is 0.0712. The van der Waals surface area contributed by atoms with Crippen LogP contribution in [0.25, 0.3) is 38.6 Å². The van der Waals surface area contributed by atoms with Crippen LogP contribution in [-0.4, -0.2) is 12.6 Å². The van der Waals surface area contributed by atoms with Gasteiger partial charge in [0.25, 0.3) is 0 Å². The fraction of sp³-hybridized carbons (Fsp3) is 0.0357. The third-order valence-corrected chi connectivity index (χ3v) is 17.4. The Balaban J connectivity index is 1.18. The van der Waals surface area contributed by atoms with Crippen LogP contribution in [0.3, 0.4) is 0 Å². The zero-order valence-corrected chi connectivity index (χ0v) is 32.6. The van der Waals surface area contributed by atoms with Crippen molar-refractivity contribution in [1.29, 1.82) is 0 Å². The number of fused-ring (bicyclic) bond motifs is 3. The number of para-hydroxylation sites is 2. The van der Waals surface area contributed by atoms with Gasteiger partial charge in [0.05, 0.1) is 17.9 Å². The second-order valence-electron chi connectivity index (χ2n) is 15.5. The Hall–Kier alpha value is -7.00. The van der Waals surface area contributed by atoms with Gasteiger partial charge in [0, 0.05) is 28.3 Å². The van der Waals surface area contributed by atoms with Crippen molar-refractivity contribution in [2.75, 3.05) is 0 Å². The van der Waals surface area contributed by atoms with Crippen LogP contribution >= 0.6 is 0 Å². The molecule has 0 spiro atoms. The topological polar surface area (TPSA) is 4.93 Å². The maximum absolute atomic E-state index is 9.70. The smallest absolute Gasteiger partial charge is 0.179 e. The Bertz CT molecular complexity index is 3410. The summed E-state index contributed by atoms with van der Waals surface area (Å²) >= 11 is 0. The molecule has 0 N–H and O–H groups in total. The summed E-state index contributed by atoms with van der Waals surface area (Å²) in [7, 11) is -3.73. The Labute approximate surface area is 347 Å². The summed E-state index contributed by atoms with van der Waals surface area (Å²) in [6.45, 7) is 0. The number of hydrogen-bond donors (Lipinski definition) is 0. The maximum Gasteiger partial charge on any atom is 0.179 e. The molecule has 2 unspecified atom stereocenters. The highest BCUT2D eigenvalue weighted by atomic mass is 28.3. The minimum atomic E-state index is -3.73. The number of hydrogen-bond acceptors (Lipinski definition) is 0. The van der Waals surface area contributed by atoms with E-state index in [1.165, 1.54) is 49.7 Å². The molecule has 0 fully saturated rings. The Kier molecular flexibility index (Phi) is 6.38. The van der Waals surface area contributed by atoms with Crippen LogP contribution in [0.1, 0.15) is 52.1 Å². The van der Waals surface area contributed by atoms with Gasteiger partial charge in [0.15, 0.2) is 8.07 Å². The zero-order valence-electron chi connectivity index (χ0n) is 36.6. The molecule has 0 saturated carbocycles. The van der Waals surface area contributed by atoms with Gasteiger partial charge in [-0.1, -0.05) is 194 Å². The highest BCUT2D eigenvalue weighted by Crippen LogP contribution is 2.57. The summed E-state index contributed by atoms with van der Waals surface area (Å²) in [4.78, 5) is 0. The molecular weight excluding hydrogens is 715 g/mol. The van der Waals surface area contributed by atoms with Gasteiger partial charge in [-0.2, -0.15) is 0 Å². The molecule has 3 aliphatic carbocycles. The largest absolute Gasteiger partial charge is 0.309 e. The number of rotatable bonds is 6. The van der Waals surface area contributed by atoms with Crippen LogP contribution in [0.15, 0.2) is 224 Å². The molecule has 0 radical (unpaired) electrons. The third-order valence-electron chi connectivity index (χ3n) is 12.8. The molecule has 1 nitrogen and oxygen atoms in total. The van der Waals surface area contributed by atoms with E-state index >= 15 is 0 Å². The van der Waals surface area contributed by atoms with Gasteiger partial charge in [-0.25, -0.2) is 0 Å². The highest BCUT2D eigenvalue weighted by Gasteiger charge is 2.49. The van der Waals surface area contributed by atoms with Crippen LogP contribution in [0.4, 0.5) is 0 Å². The SMILES string of the molecule is [2H]c1c([2H])c([2H])c([Si](c2ccccc2)(c2ccccc2)c2cccc3c2C2c4ccccc4C3c3cccc(-c4ccc5c(c4)c4ccccc4n5-c4ccccc4)c32)c([2H])c1[2H]. The van der Waals surface area contributed by atoms with Crippen LogP contribution in [0.2, 0.25) is 0 Å². The fourth-order valence-corrected chi connectivity index (χ4v) is 15.3. The first kappa shape index (κ1) is 28.4. The standard InChI is InChI=1S/C56H39NSi/c1-5-19-39(20-6-1)57-50-33-16-15-27-44(50)49-37-38(35-36-51(49)57)43-30-17-31-47-53-45-28-13-14-29-46(45)56(54(43)47)55-48(53)32-18-34-52(55)58(40-21-7-2-8-22-40,41-23-9-3-10-24-41)42-25-11-4-12-26-42/h1-37,53,56H/i2D,7D,8D,21D,22D. The van der Waals surface area contributed by atoms with Crippen LogP contribution in [-0.2, 0) is 0 Å². The van der Waals surface area contributed by atoms with Gasteiger partial charge in [-0.05, 0) is 95.6 Å². The summed E-state index contributed by atoms with van der Waals surface area (Å²) in [5.74, 6) is -0.271. The van der Waals surface area contributed by atoms with E-state index in [0.717, 1.165) is 37.8 Å². The molecule has 2 heteroatoms. The monoisotopic (exact) mass is 758 g/mol. The van der Waals surface area contributed by atoms with Crippen molar-refractivity contribution in [3.63, 3.8) is 0 Å². The first-order chi connectivity index (χ1) is 30.9. The molecule has 13 rings (SSSR count). The average Bonchev–Trinajstić information content (AvgIpc) is 3.68. The van der Waals surface area contributed by atoms with Gasteiger partial charge in [-0.3, -0.25) is 0 Å². The molecule has 3 aliphatic rings. The Morgan fingerprint density at radius 1 is 0.414 bits per heavy atom. The van der Waals surface area contributed by atoms with E-state index in [9.17, 15) is 2.74 Å². The van der Waals surface area contributed by atoms with Crippen molar-refractivity contribution < 1.29 is 6.85 Å². The summed E-state index contributed by atoms with van der Waals surface area (Å²) < 4.78 is 48.6. The second-order valence-corrected chi connectivity index (χ2v) is 19.2. The lowest BCUT2D eigenvalue weighted by atomic mass is 9.60. The molecule has 2 bridgehead atoms. The Morgan fingerprint density at radius 3 is 1.71 bits per heavy atom. The van der Waals surface area contributed by atoms with E-state index in [-0.39, 0.29) is 42.0 Å². The summed E-state index contributed by atoms with van der Waals surface area (Å²) in [6, 6.07) is 67.5. The molecule has 10 aromatic rings. The molecule has 0 saturated heterocycles. The van der Waals surface area contributed by atoms with E-state index in [4.69, 9.17) is 4.11 Å². The van der Waals surface area contributed by atoms with Gasteiger partial charge < -0.3 is 4.57 Å². The van der Waals surface area contributed by atoms with Crippen molar-refractivity contribution in [3.05, 3.63) is 258 Å². The van der Waals surface area contributed by atoms with Crippen LogP contribution in [0, 0.1) is 0 Å². The first-order valence-corrected chi connectivity index (χ1v) is 22.0. The van der Waals surface area contributed by atoms with Gasteiger partial charge >= 0.3 is 0 Å². The van der Waals surface area contributed by atoms with Crippen molar-refractivity contribution in [2.24, 2.45) is 0 Å². The van der Waals surface area contributed by atoms with Crippen molar-refractivity contribution in [1.82, 2.24) is 4.57 Å². The summed E-state index contributed by atoms with van der Waals surface area (Å²) in [5, 5.41) is 5.73. The predicted molar refractivity (Wildman–Crippen MR) is 245 cm³/mol. The maximum atomic E-state index is 9.70. The van der Waals surface area contributed by atoms with E-state index < -0.39 is 8.07 Å². The lowest BCUT2D eigenvalue weighted by molar-refractivity contribution is 0.760. The molecule has 58 heavy (non-hydrogen) atoms. The molecule has 1 heterocycles. The summed E-state index contributed by atoms with van der Waals surface area (Å²) in [6.07, 6.45) is 0. The van der Waals surface area contributed by atoms with Crippen molar-refractivity contribution >= 4 is 50.6 Å². The molecule has 0 amide bonds. The summed E-state index contributed by atoms with van der Waals surface area (Å²) in [5.41, 5.74) is 13.2. The van der Waals surface area contributed by atoms with Crippen molar-refractivity contribution in [2.45, 2.75) is 11.8 Å². The molecule has 0 aliphatic heterocycles. The van der Waals surface area contributed by atoms with E-state index in [0.29, 0.717) is 5.19 Å². The number of aromatic nitrogens is 1. The van der Waals surface area contributed by atoms with Crippen LogP contribution in [0.5, 0.6) is 0 Å². The number of nitrogens with zero attached hydrogens (tertiary/aromatic N) is 1. The van der Waals surface area contributed by atoms with Gasteiger partial charge in [0.2, 0.25) is 0 Å². The molecule has 2 atom stereocenters. The van der Waals surface area contributed by atoms with Crippen LogP contribution < -0.4 is 20.7 Å². The Morgan fingerprint density at radius 2 is 0.983 bits per heavy atom. The van der Waals surface area contributed by atoms with E-state index in [2.05, 4.69) is 162 Å². The zero-order chi connectivity index (χ0) is 42.6. The highest BCUT2D eigenvalue weighted by molar-refractivity contribution is 7.20. The molecular formula is C56H39NSi. The normalized spacial score (nSPS) is 16.4. The van der Waals surface area contributed by atoms with Crippen molar-refractivity contribution in [3.8, 4) is 16.8 Å². The lowest BCUT2D eigenvalue weighted by Crippen LogP contribution is -2.75. The lowest BCUT2D eigenvalue weighted by Gasteiger charge is -2.47. The van der Waals surface area contributed by atoms with Gasteiger partial charge in [0.1, 0.15) is 0 Å². The quantitative estimate of drug-likeness (QED) is 0.118. The molecule has 9 aromatic carbocycles. The van der Waals surface area contributed by atoms with Gasteiger partial charge in [-0.15, -0.1) is 0 Å². The van der Waals surface area contributed by atoms with E-state index in [1.54, 1.807) is 0 Å². The number of benzene rings is 9.